The van der Waals surface area contributed by atoms with E-state index in [2.05, 4.69) is 27.4 Å². The van der Waals surface area contributed by atoms with Crippen LogP contribution >= 0.6 is 23.4 Å². The highest BCUT2D eigenvalue weighted by Gasteiger charge is 2.13. The van der Waals surface area contributed by atoms with Gasteiger partial charge in [0, 0.05) is 22.9 Å². The number of carbonyl (C=O) groups excluding carboxylic acids is 1. The normalized spacial score (nSPS) is 10.6. The van der Waals surface area contributed by atoms with Crippen molar-refractivity contribution >= 4 is 40.6 Å². The number of carbonyl (C=O) groups is 1. The Balaban J connectivity index is 1.61. The number of nitrogens with one attached hydrogen (secondary N) is 2. The summed E-state index contributed by atoms with van der Waals surface area (Å²) in [6, 6.07) is 15.2. The number of aromatic nitrogens is 3. The molecule has 0 aliphatic rings. The fourth-order valence-electron chi connectivity index (χ4n) is 2.70. The van der Waals surface area contributed by atoms with Gasteiger partial charge >= 0.3 is 0 Å². The van der Waals surface area contributed by atoms with Gasteiger partial charge in [0.15, 0.2) is 11.0 Å². The van der Waals surface area contributed by atoms with Crippen molar-refractivity contribution in [3.8, 4) is 0 Å². The van der Waals surface area contributed by atoms with Crippen molar-refractivity contribution in [2.75, 3.05) is 16.4 Å². The smallest absolute Gasteiger partial charge is 0.234 e. The molecular weight excluding hydrogens is 406 g/mol. The zero-order valence-corrected chi connectivity index (χ0v) is 17.6. The number of hydrogen-bond donors (Lipinski definition) is 2. The highest BCUT2D eigenvalue weighted by Crippen LogP contribution is 2.20. The minimum absolute atomic E-state index is 0.0904. The fourth-order valence-corrected chi connectivity index (χ4v) is 3.66. The second-order valence-electron chi connectivity index (χ2n) is 6.37. The zero-order chi connectivity index (χ0) is 20.6. The Morgan fingerprint density at radius 3 is 2.76 bits per heavy atom. The Morgan fingerprint density at radius 1 is 1.21 bits per heavy atom. The van der Waals surface area contributed by atoms with Crippen LogP contribution in [0.2, 0.25) is 5.02 Å². The van der Waals surface area contributed by atoms with Gasteiger partial charge in [-0.05, 0) is 42.8 Å². The van der Waals surface area contributed by atoms with Crippen LogP contribution in [0.1, 0.15) is 11.4 Å². The maximum absolute atomic E-state index is 12.3. The predicted molar refractivity (Wildman–Crippen MR) is 120 cm³/mol. The fraction of sp³-hybridized carbons (Fsp3) is 0.190. The highest BCUT2D eigenvalue weighted by atomic mass is 35.5. The number of amides is 1. The quantitative estimate of drug-likeness (QED) is 0.380. The SMILES string of the molecule is C=CCn1c(CNc2cccc(Cl)c2)nnc1SCC(=O)Nc1cccc(C)c1. The van der Waals surface area contributed by atoms with Gasteiger partial charge in [-0.25, -0.2) is 0 Å². The van der Waals surface area contributed by atoms with Gasteiger partial charge in [-0.15, -0.1) is 16.8 Å². The summed E-state index contributed by atoms with van der Waals surface area (Å²) in [4.78, 5) is 12.3. The molecule has 150 valence electrons. The topological polar surface area (TPSA) is 71.8 Å². The van der Waals surface area contributed by atoms with Crippen LogP contribution in [-0.4, -0.2) is 26.4 Å². The van der Waals surface area contributed by atoms with Crippen molar-refractivity contribution in [1.82, 2.24) is 14.8 Å². The van der Waals surface area contributed by atoms with Gasteiger partial charge in [0.05, 0.1) is 12.3 Å². The van der Waals surface area contributed by atoms with Crippen molar-refractivity contribution in [3.63, 3.8) is 0 Å². The van der Waals surface area contributed by atoms with E-state index in [9.17, 15) is 4.79 Å². The van der Waals surface area contributed by atoms with Crippen LogP contribution in [0.15, 0.2) is 66.3 Å². The molecule has 3 aromatic rings. The molecule has 0 atom stereocenters. The molecule has 29 heavy (non-hydrogen) atoms. The lowest BCUT2D eigenvalue weighted by Crippen LogP contribution is -2.15. The number of benzene rings is 2. The van der Waals surface area contributed by atoms with E-state index in [1.165, 1.54) is 11.8 Å². The Hall–Kier alpha value is -2.77. The van der Waals surface area contributed by atoms with Gasteiger partial charge in [0.2, 0.25) is 5.91 Å². The molecule has 0 bridgehead atoms. The van der Waals surface area contributed by atoms with Crippen LogP contribution in [0.3, 0.4) is 0 Å². The van der Waals surface area contributed by atoms with Crippen LogP contribution in [0, 0.1) is 6.92 Å². The van der Waals surface area contributed by atoms with Crippen LogP contribution in [0.25, 0.3) is 0 Å². The first-order chi connectivity index (χ1) is 14.0. The van der Waals surface area contributed by atoms with E-state index in [0.29, 0.717) is 23.3 Å². The van der Waals surface area contributed by atoms with E-state index in [1.54, 1.807) is 6.08 Å². The second-order valence-corrected chi connectivity index (χ2v) is 7.75. The summed E-state index contributed by atoms with van der Waals surface area (Å²) in [5.74, 6) is 0.907. The number of nitrogens with zero attached hydrogens (tertiary/aromatic N) is 3. The monoisotopic (exact) mass is 427 g/mol. The zero-order valence-electron chi connectivity index (χ0n) is 16.1. The molecule has 0 radical (unpaired) electrons. The Kier molecular flexibility index (Phi) is 7.32. The van der Waals surface area contributed by atoms with E-state index in [1.807, 2.05) is 60.0 Å². The third-order valence-corrected chi connectivity index (χ3v) is 5.22. The number of rotatable bonds is 9. The Labute approximate surface area is 179 Å². The van der Waals surface area contributed by atoms with Crippen molar-refractivity contribution in [1.29, 1.82) is 0 Å². The molecule has 1 amide bonds. The van der Waals surface area contributed by atoms with Gasteiger partial charge in [0.25, 0.3) is 0 Å². The summed E-state index contributed by atoms with van der Waals surface area (Å²) in [6.45, 7) is 6.83. The molecule has 0 saturated heterocycles. The van der Waals surface area contributed by atoms with Crippen molar-refractivity contribution in [2.45, 2.75) is 25.2 Å². The first-order valence-corrected chi connectivity index (χ1v) is 10.4. The second kappa shape index (κ2) is 10.1. The van der Waals surface area contributed by atoms with Crippen molar-refractivity contribution < 1.29 is 4.79 Å². The third-order valence-electron chi connectivity index (χ3n) is 4.01. The standard InChI is InChI=1S/C21H22ClN5OS/c1-3-10-27-19(13-23-17-8-5-7-16(22)12-17)25-26-21(27)29-14-20(28)24-18-9-4-6-15(2)11-18/h3-9,11-12,23H,1,10,13-14H2,2H3,(H,24,28). The predicted octanol–water partition coefficient (Wildman–Crippen LogP) is 4.77. The van der Waals surface area contributed by atoms with Crippen LogP contribution in [0.4, 0.5) is 11.4 Å². The molecule has 1 aromatic heterocycles. The Bertz CT molecular complexity index is 1000. The van der Waals surface area contributed by atoms with E-state index in [0.717, 1.165) is 22.8 Å². The molecule has 2 N–H and O–H groups in total. The van der Waals surface area contributed by atoms with Crippen molar-refractivity contribution in [2.24, 2.45) is 0 Å². The molecule has 0 saturated carbocycles. The number of thioether (sulfide) groups is 1. The molecule has 1 heterocycles. The largest absolute Gasteiger partial charge is 0.378 e. The molecule has 0 aliphatic heterocycles. The lowest BCUT2D eigenvalue weighted by molar-refractivity contribution is -0.113. The first-order valence-electron chi connectivity index (χ1n) is 9.07. The summed E-state index contributed by atoms with van der Waals surface area (Å²) >= 11 is 7.37. The summed E-state index contributed by atoms with van der Waals surface area (Å²) in [7, 11) is 0. The molecule has 0 spiro atoms. The molecule has 2 aromatic carbocycles. The van der Waals surface area contributed by atoms with Gasteiger partial charge in [-0.2, -0.15) is 0 Å². The number of hydrogen-bond acceptors (Lipinski definition) is 5. The number of anilines is 2. The summed E-state index contributed by atoms with van der Waals surface area (Å²) in [5.41, 5.74) is 2.78. The lowest BCUT2D eigenvalue weighted by Gasteiger charge is -2.10. The van der Waals surface area contributed by atoms with Crippen LogP contribution in [0.5, 0.6) is 0 Å². The molecule has 8 heteroatoms. The maximum Gasteiger partial charge on any atom is 0.234 e. The van der Waals surface area contributed by atoms with Gasteiger partial charge in [0.1, 0.15) is 0 Å². The first kappa shape index (κ1) is 21.0. The lowest BCUT2D eigenvalue weighted by atomic mass is 10.2. The molecule has 6 nitrogen and oxygen atoms in total. The Morgan fingerprint density at radius 2 is 2.00 bits per heavy atom. The minimum atomic E-state index is -0.0904. The van der Waals surface area contributed by atoms with E-state index < -0.39 is 0 Å². The third kappa shape index (κ3) is 6.10. The minimum Gasteiger partial charge on any atom is -0.378 e. The summed E-state index contributed by atoms with van der Waals surface area (Å²) in [6.07, 6.45) is 1.78. The summed E-state index contributed by atoms with van der Waals surface area (Å²) in [5, 5.41) is 16.0. The average molecular weight is 428 g/mol. The average Bonchev–Trinajstić information content (AvgIpc) is 3.07. The van der Waals surface area contributed by atoms with Gasteiger partial charge in [-0.1, -0.05) is 47.6 Å². The van der Waals surface area contributed by atoms with E-state index in [4.69, 9.17) is 11.6 Å². The molecular formula is C21H22ClN5OS. The molecule has 0 aliphatic carbocycles. The molecule has 0 unspecified atom stereocenters. The number of aryl methyl sites for hydroxylation is 1. The summed E-state index contributed by atoms with van der Waals surface area (Å²) < 4.78 is 1.94. The van der Waals surface area contributed by atoms with Crippen molar-refractivity contribution in [3.05, 3.63) is 77.6 Å². The van der Waals surface area contributed by atoms with Crippen LogP contribution < -0.4 is 10.6 Å². The van der Waals surface area contributed by atoms with E-state index >= 15 is 0 Å². The molecule has 3 rings (SSSR count). The number of halogens is 1. The molecule has 0 fully saturated rings. The number of allylic oxidation sites excluding steroid dienone is 1. The van der Waals surface area contributed by atoms with Crippen LogP contribution in [-0.2, 0) is 17.9 Å². The van der Waals surface area contributed by atoms with Gasteiger partial charge in [-0.3, -0.25) is 4.79 Å². The maximum atomic E-state index is 12.3. The highest BCUT2D eigenvalue weighted by molar-refractivity contribution is 7.99. The van der Waals surface area contributed by atoms with Gasteiger partial charge < -0.3 is 15.2 Å². The van der Waals surface area contributed by atoms with E-state index in [-0.39, 0.29) is 11.7 Å².